The highest BCUT2D eigenvalue weighted by Gasteiger charge is 2.64. The third-order valence-corrected chi connectivity index (χ3v) is 8.77. The summed E-state index contributed by atoms with van der Waals surface area (Å²) in [6, 6.07) is 11.5. The monoisotopic (exact) mass is 563 g/mol. The molecule has 6 N–H and O–H groups in total. The number of thiocarbonyl (C=S) groups is 1. The van der Waals surface area contributed by atoms with E-state index < -0.39 is 56.1 Å². The first-order valence-electron chi connectivity index (χ1n) is 11.1. The predicted molar refractivity (Wildman–Crippen MR) is 142 cm³/mol. The minimum absolute atomic E-state index is 0.0273. The summed E-state index contributed by atoms with van der Waals surface area (Å²) in [4.78, 5) is 39.2. The first kappa shape index (κ1) is 26.9. The fourth-order valence-corrected chi connectivity index (χ4v) is 6.80. The topological polar surface area (TPSA) is 171 Å². The molecule has 11 nitrogen and oxygen atoms in total. The van der Waals surface area contributed by atoms with Crippen molar-refractivity contribution in [1.82, 2.24) is 15.5 Å². The molecule has 4 rings (SSSR count). The normalized spacial score (nSPS) is 22.8. The van der Waals surface area contributed by atoms with E-state index in [-0.39, 0.29) is 10.0 Å². The van der Waals surface area contributed by atoms with Gasteiger partial charge in [0.2, 0.25) is 21.8 Å². The number of aliphatic carboxylic acids is 1. The number of anilines is 1. The van der Waals surface area contributed by atoms with Crippen molar-refractivity contribution in [2.75, 3.05) is 5.32 Å². The van der Waals surface area contributed by atoms with E-state index in [1.54, 1.807) is 50.2 Å². The molecule has 0 radical (unpaired) electrons. The zero-order chi connectivity index (χ0) is 27.1. The molecule has 2 aromatic rings. The number of carbonyl (C=O) groups is 3. The number of hydrogen-bond donors (Lipinski definition) is 5. The number of carboxylic acids is 1. The number of sulfonamides is 1. The molecule has 0 aromatic heterocycles. The van der Waals surface area contributed by atoms with Gasteiger partial charge in [0.15, 0.2) is 5.11 Å². The molecule has 2 fully saturated rings. The molecule has 0 bridgehead atoms. The van der Waals surface area contributed by atoms with E-state index in [1.165, 1.54) is 34.9 Å². The lowest BCUT2D eigenvalue weighted by Crippen LogP contribution is -2.71. The van der Waals surface area contributed by atoms with E-state index in [0.717, 1.165) is 0 Å². The Kier molecular flexibility index (Phi) is 7.21. The van der Waals surface area contributed by atoms with E-state index in [9.17, 15) is 27.9 Å². The number of amides is 2. The van der Waals surface area contributed by atoms with Crippen molar-refractivity contribution in [3.8, 4) is 0 Å². The molecular formula is C23H25N5O6S3. The van der Waals surface area contributed by atoms with Crippen molar-refractivity contribution in [1.29, 1.82) is 0 Å². The molecule has 2 amide bonds. The molecule has 0 saturated carbocycles. The van der Waals surface area contributed by atoms with Gasteiger partial charge in [0.1, 0.15) is 23.5 Å². The van der Waals surface area contributed by atoms with Gasteiger partial charge in [-0.3, -0.25) is 9.59 Å². The summed E-state index contributed by atoms with van der Waals surface area (Å²) in [5.74, 6) is -2.09. The van der Waals surface area contributed by atoms with Crippen molar-refractivity contribution in [2.24, 2.45) is 5.14 Å². The highest BCUT2D eigenvalue weighted by Crippen LogP contribution is 2.50. The molecule has 2 aliphatic rings. The van der Waals surface area contributed by atoms with Crippen molar-refractivity contribution in [2.45, 2.75) is 47.0 Å². The van der Waals surface area contributed by atoms with Gasteiger partial charge in [-0.1, -0.05) is 36.4 Å². The molecule has 2 aromatic carbocycles. The maximum Gasteiger partial charge on any atom is 0.327 e. The standard InChI is InChI=1S/C23H25N5O6S3/c1-23(2)17(21(31)32)28-19(30)16(20(28)36-23)26-18(29)15(12-7-4-3-5-8-12)27-22(35)25-13-9-6-10-14(11-13)37(24,33)34/h3-11,15-17,20H,1-2H3,(H,26,29)(H,31,32)(H2,24,33,34)(H2,25,27,35)/t15-,16-,17+,20-/m1/s1. The number of β-lactam (4-membered cyclic amide) rings is 1. The van der Waals surface area contributed by atoms with Crippen LogP contribution in [0.2, 0.25) is 0 Å². The van der Waals surface area contributed by atoms with E-state index >= 15 is 0 Å². The second-order valence-electron chi connectivity index (χ2n) is 9.10. The minimum atomic E-state index is -3.92. The number of primary sulfonamides is 1. The number of nitrogens with two attached hydrogens (primary N) is 1. The van der Waals surface area contributed by atoms with Crippen LogP contribution in [0.5, 0.6) is 0 Å². The van der Waals surface area contributed by atoms with Crippen LogP contribution in [0.1, 0.15) is 25.5 Å². The molecule has 2 aliphatic heterocycles. The average molecular weight is 564 g/mol. The van der Waals surface area contributed by atoms with Crippen LogP contribution in [-0.4, -0.2) is 63.5 Å². The maximum atomic E-state index is 13.4. The summed E-state index contributed by atoms with van der Waals surface area (Å²) in [7, 11) is -3.92. The fourth-order valence-electron chi connectivity index (χ4n) is 4.38. The molecule has 14 heteroatoms. The number of carboxylic acid groups (broad SMARTS) is 1. The first-order valence-corrected chi connectivity index (χ1v) is 13.9. The Hall–Kier alpha value is -3.20. The molecule has 196 valence electrons. The Bertz CT molecular complexity index is 1370. The van der Waals surface area contributed by atoms with Crippen LogP contribution in [-0.2, 0) is 24.4 Å². The predicted octanol–water partition coefficient (Wildman–Crippen LogP) is 0.993. The van der Waals surface area contributed by atoms with E-state index in [0.29, 0.717) is 11.3 Å². The summed E-state index contributed by atoms with van der Waals surface area (Å²) >= 11 is 6.69. The van der Waals surface area contributed by atoms with Gasteiger partial charge in [0.25, 0.3) is 0 Å². The number of fused-ring (bicyclic) bond motifs is 1. The second kappa shape index (κ2) is 9.93. The lowest BCUT2D eigenvalue weighted by atomic mass is 9.95. The van der Waals surface area contributed by atoms with Crippen molar-refractivity contribution < 1.29 is 27.9 Å². The Morgan fingerprint density at radius 2 is 1.84 bits per heavy atom. The second-order valence-corrected chi connectivity index (χ2v) is 12.8. The third-order valence-electron chi connectivity index (χ3n) is 6.06. The average Bonchev–Trinajstić information content (AvgIpc) is 3.09. The van der Waals surface area contributed by atoms with Gasteiger partial charge in [-0.15, -0.1) is 11.8 Å². The largest absolute Gasteiger partial charge is 0.480 e. The number of carbonyl (C=O) groups excluding carboxylic acids is 2. The summed E-state index contributed by atoms with van der Waals surface area (Å²) in [6.45, 7) is 3.51. The van der Waals surface area contributed by atoms with Crippen LogP contribution in [0.3, 0.4) is 0 Å². The van der Waals surface area contributed by atoms with Gasteiger partial charge in [-0.2, -0.15) is 0 Å². The number of thioether (sulfide) groups is 1. The summed E-state index contributed by atoms with van der Waals surface area (Å²) < 4.78 is 22.6. The lowest BCUT2D eigenvalue weighted by Gasteiger charge is -2.44. The molecule has 4 atom stereocenters. The van der Waals surface area contributed by atoms with Crippen LogP contribution >= 0.6 is 24.0 Å². The SMILES string of the molecule is CC1(C)S[C@@H]2[C@H](NC(=O)[C@H](NC(=S)Nc3cccc(S(N)(=O)=O)c3)c3ccccc3)C(=O)N2[C@H]1C(=O)O. The molecular weight excluding hydrogens is 538 g/mol. The molecule has 2 saturated heterocycles. The molecule has 0 aliphatic carbocycles. The fraction of sp³-hybridized carbons (Fsp3) is 0.304. The van der Waals surface area contributed by atoms with Crippen molar-refractivity contribution in [3.63, 3.8) is 0 Å². The minimum Gasteiger partial charge on any atom is -0.480 e. The van der Waals surface area contributed by atoms with Crippen molar-refractivity contribution >= 4 is 62.6 Å². The van der Waals surface area contributed by atoms with Gasteiger partial charge in [-0.05, 0) is 49.8 Å². The van der Waals surface area contributed by atoms with Gasteiger partial charge < -0.3 is 26.0 Å². The zero-order valence-corrected chi connectivity index (χ0v) is 22.2. The zero-order valence-electron chi connectivity index (χ0n) is 19.7. The Balaban J connectivity index is 1.50. The number of nitrogens with one attached hydrogen (secondary N) is 3. The van der Waals surface area contributed by atoms with Crippen LogP contribution in [0.4, 0.5) is 5.69 Å². The highest BCUT2D eigenvalue weighted by atomic mass is 32.2. The molecule has 0 spiro atoms. The Morgan fingerprint density at radius 1 is 1.16 bits per heavy atom. The van der Waals surface area contributed by atoms with Gasteiger partial charge in [0, 0.05) is 10.4 Å². The number of nitrogens with zero attached hydrogens (tertiary/aromatic N) is 1. The summed E-state index contributed by atoms with van der Waals surface area (Å²) in [5, 5.41) is 22.8. The highest BCUT2D eigenvalue weighted by molar-refractivity contribution is 8.01. The molecule has 37 heavy (non-hydrogen) atoms. The van der Waals surface area contributed by atoms with E-state index in [4.69, 9.17) is 17.4 Å². The van der Waals surface area contributed by atoms with E-state index in [1.807, 2.05) is 0 Å². The summed E-state index contributed by atoms with van der Waals surface area (Å²) in [6.07, 6.45) is 0. The van der Waals surface area contributed by atoms with Crippen LogP contribution in [0, 0.1) is 0 Å². The third kappa shape index (κ3) is 5.42. The van der Waals surface area contributed by atoms with Gasteiger partial charge >= 0.3 is 5.97 Å². The van der Waals surface area contributed by atoms with Crippen molar-refractivity contribution in [3.05, 3.63) is 60.2 Å². The van der Waals surface area contributed by atoms with Crippen LogP contribution < -0.4 is 21.1 Å². The quantitative estimate of drug-likeness (QED) is 0.242. The summed E-state index contributed by atoms with van der Waals surface area (Å²) in [5.41, 5.74) is 0.902. The smallest absolute Gasteiger partial charge is 0.327 e. The maximum absolute atomic E-state index is 13.4. The first-order chi connectivity index (χ1) is 17.3. The Labute approximate surface area is 223 Å². The number of rotatable bonds is 7. The number of benzene rings is 2. The van der Waals surface area contributed by atoms with E-state index in [2.05, 4.69) is 16.0 Å². The Morgan fingerprint density at radius 3 is 2.46 bits per heavy atom. The van der Waals surface area contributed by atoms with Crippen LogP contribution in [0.25, 0.3) is 0 Å². The molecule has 0 unspecified atom stereocenters. The molecule has 2 heterocycles. The number of hydrogen-bond acceptors (Lipinski definition) is 7. The lowest BCUT2D eigenvalue weighted by molar-refractivity contribution is -0.161. The van der Waals surface area contributed by atoms with Gasteiger partial charge in [-0.25, -0.2) is 18.4 Å². The van der Waals surface area contributed by atoms with Crippen LogP contribution in [0.15, 0.2) is 59.5 Å². The van der Waals surface area contributed by atoms with Gasteiger partial charge in [0.05, 0.1) is 4.90 Å².